The minimum absolute atomic E-state index is 0.491. The molecular weight excluding hydrogens is 318 g/mol. The van der Waals surface area contributed by atoms with Crippen molar-refractivity contribution in [3.63, 3.8) is 0 Å². The van der Waals surface area contributed by atoms with Gasteiger partial charge in [0.15, 0.2) is 0 Å². The van der Waals surface area contributed by atoms with Crippen LogP contribution in [0.1, 0.15) is 136 Å². The standard InChI is InChI=1S/C24H49NO/c1-4-7-10-13-14-15-16-19-22-25(23-26)24(20-17-11-8-5-2)21-18-12-9-6-3/h23-24H,4-22H2,1-3H3. The van der Waals surface area contributed by atoms with Crippen LogP contribution < -0.4 is 0 Å². The van der Waals surface area contributed by atoms with Gasteiger partial charge in [0.25, 0.3) is 0 Å². The highest BCUT2D eigenvalue weighted by Crippen LogP contribution is 2.18. The lowest BCUT2D eigenvalue weighted by atomic mass is 9.99. The molecular formula is C24H49NO. The Hall–Kier alpha value is -0.530. The van der Waals surface area contributed by atoms with Crippen molar-refractivity contribution in [3.8, 4) is 0 Å². The summed E-state index contributed by atoms with van der Waals surface area (Å²) >= 11 is 0. The molecule has 2 nitrogen and oxygen atoms in total. The Bertz CT molecular complexity index is 267. The van der Waals surface area contributed by atoms with Gasteiger partial charge in [-0.3, -0.25) is 4.79 Å². The first-order chi connectivity index (χ1) is 12.8. The van der Waals surface area contributed by atoms with Crippen LogP contribution in [0.25, 0.3) is 0 Å². The van der Waals surface area contributed by atoms with Crippen LogP contribution in [-0.4, -0.2) is 23.9 Å². The highest BCUT2D eigenvalue weighted by atomic mass is 16.1. The van der Waals surface area contributed by atoms with Crippen molar-refractivity contribution in [1.29, 1.82) is 0 Å². The van der Waals surface area contributed by atoms with Gasteiger partial charge in [-0.05, 0) is 19.3 Å². The van der Waals surface area contributed by atoms with Crippen molar-refractivity contribution in [2.45, 2.75) is 142 Å². The first kappa shape index (κ1) is 25.5. The number of rotatable bonds is 21. The van der Waals surface area contributed by atoms with E-state index in [-0.39, 0.29) is 0 Å². The number of carbonyl (C=O) groups is 1. The van der Waals surface area contributed by atoms with Crippen LogP contribution in [0.3, 0.4) is 0 Å². The molecule has 0 aromatic heterocycles. The van der Waals surface area contributed by atoms with E-state index >= 15 is 0 Å². The van der Waals surface area contributed by atoms with Crippen molar-refractivity contribution >= 4 is 6.41 Å². The lowest BCUT2D eigenvalue weighted by Gasteiger charge is -2.29. The number of carbonyl (C=O) groups excluding carboxylic acids is 1. The molecule has 0 aromatic rings. The molecule has 0 aromatic carbocycles. The molecule has 0 rings (SSSR count). The van der Waals surface area contributed by atoms with Crippen LogP contribution in [-0.2, 0) is 4.79 Å². The van der Waals surface area contributed by atoms with Crippen LogP contribution >= 0.6 is 0 Å². The Morgan fingerprint density at radius 3 is 1.38 bits per heavy atom. The molecule has 0 bridgehead atoms. The Kier molecular flexibility index (Phi) is 20.4. The van der Waals surface area contributed by atoms with Gasteiger partial charge in [-0.25, -0.2) is 0 Å². The first-order valence-corrected chi connectivity index (χ1v) is 12.0. The zero-order valence-corrected chi connectivity index (χ0v) is 18.4. The first-order valence-electron chi connectivity index (χ1n) is 12.0. The number of unbranched alkanes of at least 4 members (excludes halogenated alkanes) is 13. The van der Waals surface area contributed by atoms with Crippen molar-refractivity contribution in [2.75, 3.05) is 6.54 Å². The molecule has 0 fully saturated rings. The van der Waals surface area contributed by atoms with E-state index < -0.39 is 0 Å². The van der Waals surface area contributed by atoms with Crippen molar-refractivity contribution in [1.82, 2.24) is 4.90 Å². The third kappa shape index (κ3) is 15.7. The summed E-state index contributed by atoms with van der Waals surface area (Å²) in [6, 6.07) is 0.491. The van der Waals surface area contributed by atoms with E-state index in [1.807, 2.05) is 0 Å². The van der Waals surface area contributed by atoms with Gasteiger partial charge in [0.2, 0.25) is 6.41 Å². The van der Waals surface area contributed by atoms with Gasteiger partial charge in [0.1, 0.15) is 0 Å². The van der Waals surface area contributed by atoms with Gasteiger partial charge < -0.3 is 4.90 Å². The predicted molar refractivity (Wildman–Crippen MR) is 117 cm³/mol. The van der Waals surface area contributed by atoms with E-state index in [0.717, 1.165) is 13.0 Å². The summed E-state index contributed by atoms with van der Waals surface area (Å²) in [4.78, 5) is 13.8. The van der Waals surface area contributed by atoms with Gasteiger partial charge in [-0.1, -0.05) is 117 Å². The molecule has 26 heavy (non-hydrogen) atoms. The summed E-state index contributed by atoms with van der Waals surface area (Å²) in [7, 11) is 0. The molecule has 0 saturated heterocycles. The highest BCUT2D eigenvalue weighted by Gasteiger charge is 2.16. The molecule has 1 amide bonds. The summed E-state index contributed by atoms with van der Waals surface area (Å²) in [5.41, 5.74) is 0. The third-order valence-corrected chi connectivity index (χ3v) is 5.66. The second-order valence-electron chi connectivity index (χ2n) is 8.17. The maximum Gasteiger partial charge on any atom is 0.209 e. The Morgan fingerprint density at radius 1 is 0.577 bits per heavy atom. The van der Waals surface area contributed by atoms with Gasteiger partial charge in [-0.2, -0.15) is 0 Å². The van der Waals surface area contributed by atoms with Crippen LogP contribution in [0.5, 0.6) is 0 Å². The van der Waals surface area contributed by atoms with E-state index in [9.17, 15) is 4.79 Å². The van der Waals surface area contributed by atoms with E-state index in [4.69, 9.17) is 0 Å². The summed E-state index contributed by atoms with van der Waals surface area (Å²) in [5, 5.41) is 0. The molecule has 0 heterocycles. The molecule has 0 unspecified atom stereocenters. The van der Waals surface area contributed by atoms with Gasteiger partial charge in [-0.15, -0.1) is 0 Å². The lowest BCUT2D eigenvalue weighted by molar-refractivity contribution is -0.120. The van der Waals surface area contributed by atoms with Crippen LogP contribution in [0, 0.1) is 0 Å². The number of amides is 1. The highest BCUT2D eigenvalue weighted by molar-refractivity contribution is 5.47. The number of hydrogen-bond acceptors (Lipinski definition) is 1. The predicted octanol–water partition coefficient (Wildman–Crippen LogP) is 7.89. The van der Waals surface area contributed by atoms with Gasteiger partial charge in [0.05, 0.1) is 0 Å². The molecule has 0 aliphatic carbocycles. The Labute approximate surface area is 165 Å². The topological polar surface area (TPSA) is 20.3 Å². The van der Waals surface area contributed by atoms with Gasteiger partial charge in [0, 0.05) is 12.6 Å². The molecule has 156 valence electrons. The Morgan fingerprint density at radius 2 is 0.962 bits per heavy atom. The third-order valence-electron chi connectivity index (χ3n) is 5.66. The molecule has 0 atom stereocenters. The monoisotopic (exact) mass is 367 g/mol. The molecule has 0 aliphatic rings. The van der Waals surface area contributed by atoms with Crippen LogP contribution in [0.4, 0.5) is 0 Å². The van der Waals surface area contributed by atoms with E-state index in [1.54, 1.807) is 0 Å². The van der Waals surface area contributed by atoms with Crippen molar-refractivity contribution in [3.05, 3.63) is 0 Å². The zero-order chi connectivity index (χ0) is 19.3. The fraction of sp³-hybridized carbons (Fsp3) is 0.958. The molecule has 0 radical (unpaired) electrons. The summed E-state index contributed by atoms with van der Waals surface area (Å²) in [6.07, 6.45) is 24.7. The molecule has 0 spiro atoms. The van der Waals surface area contributed by atoms with E-state index in [1.165, 1.54) is 116 Å². The fourth-order valence-electron chi connectivity index (χ4n) is 3.84. The van der Waals surface area contributed by atoms with Gasteiger partial charge >= 0.3 is 0 Å². The lowest BCUT2D eigenvalue weighted by Crippen LogP contribution is -2.35. The molecule has 0 aliphatic heterocycles. The summed E-state index contributed by atoms with van der Waals surface area (Å²) in [5.74, 6) is 0. The zero-order valence-electron chi connectivity index (χ0n) is 18.4. The molecule has 0 saturated carbocycles. The maximum absolute atomic E-state index is 11.7. The van der Waals surface area contributed by atoms with E-state index in [2.05, 4.69) is 25.7 Å². The second kappa shape index (κ2) is 20.8. The summed E-state index contributed by atoms with van der Waals surface area (Å²) < 4.78 is 0. The minimum Gasteiger partial charge on any atom is -0.342 e. The van der Waals surface area contributed by atoms with Crippen LogP contribution in [0.15, 0.2) is 0 Å². The normalized spacial score (nSPS) is 11.2. The van der Waals surface area contributed by atoms with E-state index in [0.29, 0.717) is 6.04 Å². The van der Waals surface area contributed by atoms with Crippen molar-refractivity contribution in [2.24, 2.45) is 0 Å². The second-order valence-corrected chi connectivity index (χ2v) is 8.17. The van der Waals surface area contributed by atoms with Crippen LogP contribution in [0.2, 0.25) is 0 Å². The summed E-state index contributed by atoms with van der Waals surface area (Å²) in [6.45, 7) is 7.78. The minimum atomic E-state index is 0.491. The fourth-order valence-corrected chi connectivity index (χ4v) is 3.84. The molecule has 0 N–H and O–H groups in total. The quantitative estimate of drug-likeness (QED) is 0.149. The largest absolute Gasteiger partial charge is 0.342 e. The van der Waals surface area contributed by atoms with Crippen molar-refractivity contribution < 1.29 is 4.79 Å². The average Bonchev–Trinajstić information content (AvgIpc) is 2.66. The average molecular weight is 368 g/mol. The SMILES string of the molecule is CCCCCCCCCCN(C=O)C(CCCCCC)CCCCCC. The maximum atomic E-state index is 11.7. The number of hydrogen-bond donors (Lipinski definition) is 0. The Balaban J connectivity index is 4.07. The number of nitrogens with zero attached hydrogens (tertiary/aromatic N) is 1. The smallest absolute Gasteiger partial charge is 0.209 e. The molecule has 2 heteroatoms.